The number of carbonyl (C=O) groups is 3. The minimum Gasteiger partial charge on any atom is -0.510 e. The van der Waals surface area contributed by atoms with Crippen molar-refractivity contribution in [3.05, 3.63) is 51.2 Å². The second-order valence-corrected chi connectivity index (χ2v) is 12.2. The Morgan fingerprint density at radius 1 is 1.20 bits per heavy atom. The van der Waals surface area contributed by atoms with E-state index in [1.165, 1.54) is 11.0 Å². The fourth-order valence-electron chi connectivity index (χ4n) is 6.78. The van der Waals surface area contributed by atoms with E-state index in [-0.39, 0.29) is 47.7 Å². The molecule has 1 saturated carbocycles. The third-order valence-electron chi connectivity index (χ3n) is 9.02. The monoisotopic (exact) mass is 557 g/mol. The molecule has 4 aliphatic rings. The maximum Gasteiger partial charge on any atom is 0.255 e. The number of nitrogens with zero attached hydrogens (tertiary/aromatic N) is 2. The van der Waals surface area contributed by atoms with Crippen LogP contribution in [-0.4, -0.2) is 86.0 Å². The molecule has 0 heterocycles. The minimum absolute atomic E-state index is 0.0169. The molecule has 1 amide bonds. The van der Waals surface area contributed by atoms with Crippen LogP contribution in [0.2, 0.25) is 0 Å². The normalized spacial score (nSPS) is 28.4. The Balaban J connectivity index is 1.60. The van der Waals surface area contributed by atoms with Gasteiger partial charge in [0.2, 0.25) is 5.78 Å². The highest BCUT2D eigenvalue weighted by Crippen LogP contribution is 2.52. The highest BCUT2D eigenvalue weighted by Gasteiger charge is 2.63. The Kier molecular flexibility index (Phi) is 6.83. The van der Waals surface area contributed by atoms with Crippen molar-refractivity contribution in [3.8, 4) is 5.75 Å². The molecule has 1 aromatic rings. The number of likely N-dealkylation sites (N-methyl/N-ethyl adjacent to an activating group) is 1. The molecule has 0 spiro atoms. The summed E-state index contributed by atoms with van der Waals surface area (Å²) in [5.41, 5.74) is 1.40. The van der Waals surface area contributed by atoms with E-state index < -0.39 is 69.6 Å². The summed E-state index contributed by atoms with van der Waals surface area (Å²) in [7, 11) is 3.11. The lowest BCUT2D eigenvalue weighted by Gasteiger charge is -2.50. The number of benzene rings is 1. The summed E-state index contributed by atoms with van der Waals surface area (Å²) in [6, 6.07) is 0.268. The first-order valence-electron chi connectivity index (χ1n) is 13.6. The van der Waals surface area contributed by atoms with Gasteiger partial charge < -0.3 is 26.2 Å². The lowest BCUT2D eigenvalue weighted by molar-refractivity contribution is -0.148. The van der Waals surface area contributed by atoms with Gasteiger partial charge in [-0.2, -0.15) is 0 Å². The summed E-state index contributed by atoms with van der Waals surface area (Å²) in [5.74, 6) is -7.57. The number of ketones is 2. The van der Waals surface area contributed by atoms with Gasteiger partial charge in [0.1, 0.15) is 28.7 Å². The maximum atomic E-state index is 16.0. The molecule has 0 saturated heterocycles. The average Bonchev–Trinajstić information content (AvgIpc) is 3.67. The number of rotatable bonds is 7. The standard InChI is InChI=1S/C29H36FN3O7/c1-12(2)33(10-13-5-6-13)11-15-9-18(34)20-16(22(15)30)7-14-8-17-23(32(3)4)25(36)21(28(31)39)27(38)29(17,40)26(37)19(14)24(20)35/h9,12-14,17,23,34,36-37,40H,5-8,10-11H2,1-4H3,(H2,31,39)/t14-,17-,23-,29-/m0/s1. The van der Waals surface area contributed by atoms with Crippen molar-refractivity contribution in [2.24, 2.45) is 23.5 Å². The van der Waals surface area contributed by atoms with Crippen LogP contribution in [0.1, 0.15) is 54.6 Å². The molecule has 0 aromatic heterocycles. The number of phenols is 1. The zero-order valence-corrected chi connectivity index (χ0v) is 23.1. The molecule has 0 bridgehead atoms. The summed E-state index contributed by atoms with van der Waals surface area (Å²) in [6.07, 6.45) is 2.10. The molecule has 1 aromatic carbocycles. The van der Waals surface area contributed by atoms with Gasteiger partial charge in [-0.15, -0.1) is 0 Å². The number of aliphatic hydroxyl groups is 3. The summed E-state index contributed by atoms with van der Waals surface area (Å²) in [5, 5.41) is 44.7. The first-order chi connectivity index (χ1) is 18.7. The van der Waals surface area contributed by atoms with Crippen LogP contribution in [0.15, 0.2) is 28.7 Å². The van der Waals surface area contributed by atoms with E-state index in [9.17, 15) is 34.8 Å². The number of carbonyl (C=O) groups excluding carboxylic acids is 3. The van der Waals surface area contributed by atoms with E-state index in [2.05, 4.69) is 4.90 Å². The highest BCUT2D eigenvalue weighted by atomic mass is 19.1. The molecule has 0 unspecified atom stereocenters. The first kappa shape index (κ1) is 28.3. The van der Waals surface area contributed by atoms with Gasteiger partial charge in [-0.25, -0.2) is 4.39 Å². The van der Waals surface area contributed by atoms with Gasteiger partial charge >= 0.3 is 0 Å². The lowest BCUT2D eigenvalue weighted by Crippen LogP contribution is -2.63. The fraction of sp³-hybridized carbons (Fsp3) is 0.552. The summed E-state index contributed by atoms with van der Waals surface area (Å²) < 4.78 is 16.0. The van der Waals surface area contributed by atoms with Crippen molar-refractivity contribution in [2.45, 2.75) is 63.8 Å². The maximum absolute atomic E-state index is 16.0. The molecule has 0 radical (unpaired) electrons. The lowest BCUT2D eigenvalue weighted by atomic mass is 9.58. The number of fused-ring (bicyclic) bond motifs is 3. The van der Waals surface area contributed by atoms with E-state index in [0.717, 1.165) is 19.4 Å². The third kappa shape index (κ3) is 4.13. The number of primary amides is 1. The van der Waals surface area contributed by atoms with Crippen molar-refractivity contribution in [1.29, 1.82) is 0 Å². The molecule has 5 rings (SSSR count). The van der Waals surface area contributed by atoms with Crippen LogP contribution in [0.25, 0.3) is 0 Å². The van der Waals surface area contributed by atoms with E-state index in [4.69, 9.17) is 5.73 Å². The second kappa shape index (κ2) is 9.67. The summed E-state index contributed by atoms with van der Waals surface area (Å²) in [6.45, 7) is 5.10. The molecule has 0 aliphatic heterocycles. The molecule has 4 atom stereocenters. The van der Waals surface area contributed by atoms with Gasteiger partial charge in [0, 0.05) is 41.7 Å². The molecule has 216 valence electrons. The number of Topliss-reactive ketones (excluding diaryl/α,β-unsaturated/α-hetero) is 2. The summed E-state index contributed by atoms with van der Waals surface area (Å²) in [4.78, 5) is 42.7. The third-order valence-corrected chi connectivity index (χ3v) is 9.02. The van der Waals surface area contributed by atoms with Gasteiger partial charge in [0.05, 0.1) is 11.6 Å². The van der Waals surface area contributed by atoms with Gasteiger partial charge in [-0.05, 0) is 71.5 Å². The second-order valence-electron chi connectivity index (χ2n) is 12.2. The molecular weight excluding hydrogens is 521 g/mol. The van der Waals surface area contributed by atoms with Crippen molar-refractivity contribution >= 4 is 17.5 Å². The Morgan fingerprint density at radius 3 is 2.40 bits per heavy atom. The minimum atomic E-state index is -2.72. The number of aliphatic hydroxyl groups excluding tert-OH is 2. The molecule has 6 N–H and O–H groups in total. The van der Waals surface area contributed by atoms with Gasteiger partial charge in [-0.3, -0.25) is 24.2 Å². The molecule has 11 heteroatoms. The largest absolute Gasteiger partial charge is 0.510 e. The number of phenolic OH excluding ortho intramolecular Hbond substituents is 1. The highest BCUT2D eigenvalue weighted by molar-refractivity contribution is 6.24. The molecule has 1 fully saturated rings. The SMILES string of the molecule is CC(C)N(Cc1cc(O)c2c(c1F)C[C@H]1C[C@H]3[C@H](N(C)C)C(O)=C(C(N)=O)C(=O)[C@@]3(O)C(O)=C1C2=O)CC1CC1. The Labute approximate surface area is 231 Å². The van der Waals surface area contributed by atoms with Crippen molar-refractivity contribution in [1.82, 2.24) is 9.80 Å². The van der Waals surface area contributed by atoms with Crippen molar-refractivity contribution in [2.75, 3.05) is 20.6 Å². The zero-order chi connectivity index (χ0) is 29.4. The van der Waals surface area contributed by atoms with Crippen LogP contribution >= 0.6 is 0 Å². The molecule has 10 nitrogen and oxygen atoms in total. The Bertz CT molecular complexity index is 1380. The average molecular weight is 558 g/mol. The number of hydrogen-bond acceptors (Lipinski definition) is 9. The van der Waals surface area contributed by atoms with Gasteiger partial charge in [0.15, 0.2) is 11.4 Å². The first-order valence-corrected chi connectivity index (χ1v) is 13.6. The van der Waals surface area contributed by atoms with E-state index >= 15 is 4.39 Å². The van der Waals surface area contributed by atoms with Crippen LogP contribution in [0.4, 0.5) is 4.39 Å². The van der Waals surface area contributed by atoms with Crippen LogP contribution < -0.4 is 5.73 Å². The number of hydrogen-bond donors (Lipinski definition) is 5. The predicted octanol–water partition coefficient (Wildman–Crippen LogP) is 1.88. The van der Waals surface area contributed by atoms with Crippen molar-refractivity contribution in [3.63, 3.8) is 0 Å². The number of nitrogens with two attached hydrogens (primary N) is 1. The number of aromatic hydroxyl groups is 1. The Hall–Kier alpha value is -3.28. The zero-order valence-electron chi connectivity index (χ0n) is 23.1. The quantitative estimate of drug-likeness (QED) is 0.315. The van der Waals surface area contributed by atoms with Crippen molar-refractivity contribution < 1.29 is 39.2 Å². The van der Waals surface area contributed by atoms with E-state index in [1.54, 1.807) is 14.1 Å². The van der Waals surface area contributed by atoms with Crippen LogP contribution in [0.3, 0.4) is 0 Å². The van der Waals surface area contributed by atoms with Crippen LogP contribution in [0, 0.1) is 23.6 Å². The van der Waals surface area contributed by atoms with Crippen LogP contribution in [-0.2, 0) is 22.6 Å². The molecule has 40 heavy (non-hydrogen) atoms. The fourth-order valence-corrected chi connectivity index (χ4v) is 6.78. The summed E-state index contributed by atoms with van der Waals surface area (Å²) >= 11 is 0. The molecular formula is C29H36FN3O7. The number of halogens is 1. The Morgan fingerprint density at radius 2 is 1.85 bits per heavy atom. The van der Waals surface area contributed by atoms with Crippen LogP contribution in [0.5, 0.6) is 5.75 Å². The predicted molar refractivity (Wildman–Crippen MR) is 142 cm³/mol. The van der Waals surface area contributed by atoms with Gasteiger partial charge in [0.25, 0.3) is 5.91 Å². The molecule has 4 aliphatic carbocycles. The topological polar surface area (TPSA) is 165 Å². The van der Waals surface area contributed by atoms with E-state index in [1.807, 2.05) is 13.8 Å². The number of amides is 1. The number of allylic oxidation sites excluding steroid dienone is 1. The van der Waals surface area contributed by atoms with E-state index in [0.29, 0.717) is 5.92 Å². The van der Waals surface area contributed by atoms with Gasteiger partial charge in [-0.1, -0.05) is 0 Å². The smallest absolute Gasteiger partial charge is 0.255 e.